The summed E-state index contributed by atoms with van der Waals surface area (Å²) in [6, 6.07) is 3.87. The number of methoxy groups -OCH3 is 3. The molecule has 0 aliphatic carbocycles. The fourth-order valence-corrected chi connectivity index (χ4v) is 1.76. The number of aliphatic hydroxyl groups excluding tert-OH is 1. The average molecular weight is 240 g/mol. The summed E-state index contributed by atoms with van der Waals surface area (Å²) in [4.78, 5) is 0. The van der Waals surface area contributed by atoms with E-state index >= 15 is 0 Å². The van der Waals surface area contributed by atoms with Crippen LogP contribution in [0.2, 0.25) is 0 Å². The second-order valence-corrected chi connectivity index (χ2v) is 3.74. The smallest absolute Gasteiger partial charge is 0.161 e. The first-order chi connectivity index (χ1) is 8.26. The van der Waals surface area contributed by atoms with Crippen molar-refractivity contribution in [2.24, 2.45) is 0 Å². The summed E-state index contributed by atoms with van der Waals surface area (Å²) in [5.74, 6) is 1.41. The normalized spacial score (nSPS) is 10.4. The van der Waals surface area contributed by atoms with Crippen molar-refractivity contribution in [2.75, 3.05) is 27.9 Å². The van der Waals surface area contributed by atoms with E-state index in [1.54, 1.807) is 21.3 Å². The van der Waals surface area contributed by atoms with Crippen molar-refractivity contribution < 1.29 is 19.3 Å². The molecule has 1 N–H and O–H groups in total. The first kappa shape index (κ1) is 13.8. The SMILES string of the molecule is COCc1cc(OC)c(OC)cc1CCCO. The zero-order chi connectivity index (χ0) is 12.7. The summed E-state index contributed by atoms with van der Waals surface area (Å²) < 4.78 is 15.7. The minimum absolute atomic E-state index is 0.181. The number of aryl methyl sites for hydroxylation is 1. The maximum atomic E-state index is 8.89. The minimum atomic E-state index is 0.181. The van der Waals surface area contributed by atoms with E-state index in [9.17, 15) is 0 Å². The highest BCUT2D eigenvalue weighted by molar-refractivity contribution is 5.47. The van der Waals surface area contributed by atoms with Crippen LogP contribution >= 0.6 is 0 Å². The summed E-state index contributed by atoms with van der Waals surface area (Å²) in [5, 5.41) is 8.89. The van der Waals surface area contributed by atoms with Crippen molar-refractivity contribution in [1.82, 2.24) is 0 Å². The Labute approximate surface area is 102 Å². The molecule has 96 valence electrons. The molecule has 0 atom stereocenters. The van der Waals surface area contributed by atoms with Gasteiger partial charge >= 0.3 is 0 Å². The van der Waals surface area contributed by atoms with E-state index in [-0.39, 0.29) is 6.61 Å². The van der Waals surface area contributed by atoms with Gasteiger partial charge in [-0.05, 0) is 36.1 Å². The molecule has 0 saturated heterocycles. The summed E-state index contributed by atoms with van der Waals surface area (Å²) >= 11 is 0. The zero-order valence-corrected chi connectivity index (χ0v) is 10.7. The second-order valence-electron chi connectivity index (χ2n) is 3.74. The topological polar surface area (TPSA) is 47.9 Å². The standard InChI is InChI=1S/C13H20O4/c1-15-9-11-8-13(17-3)12(16-2)7-10(11)5-4-6-14/h7-8,14H,4-6,9H2,1-3H3. The van der Waals surface area contributed by atoms with Crippen molar-refractivity contribution in [3.8, 4) is 11.5 Å². The lowest BCUT2D eigenvalue weighted by molar-refractivity contribution is 0.183. The van der Waals surface area contributed by atoms with Crippen molar-refractivity contribution >= 4 is 0 Å². The number of benzene rings is 1. The van der Waals surface area contributed by atoms with Gasteiger partial charge in [0.1, 0.15) is 0 Å². The van der Waals surface area contributed by atoms with Gasteiger partial charge in [0.15, 0.2) is 11.5 Å². The highest BCUT2D eigenvalue weighted by Gasteiger charge is 2.10. The molecule has 1 rings (SSSR count). The van der Waals surface area contributed by atoms with Crippen LogP contribution in [0.3, 0.4) is 0 Å². The maximum Gasteiger partial charge on any atom is 0.161 e. The van der Waals surface area contributed by atoms with Crippen molar-refractivity contribution in [3.63, 3.8) is 0 Å². The first-order valence-electron chi connectivity index (χ1n) is 5.60. The van der Waals surface area contributed by atoms with E-state index in [2.05, 4.69) is 0 Å². The lowest BCUT2D eigenvalue weighted by Crippen LogP contribution is -2.01. The third kappa shape index (κ3) is 3.61. The average Bonchev–Trinajstić information content (AvgIpc) is 2.37. The molecule has 0 amide bonds. The van der Waals surface area contributed by atoms with Crippen LogP contribution < -0.4 is 9.47 Å². The molecule has 0 aliphatic heterocycles. The van der Waals surface area contributed by atoms with Crippen molar-refractivity contribution in [2.45, 2.75) is 19.4 Å². The molecule has 0 saturated carbocycles. The Morgan fingerprint density at radius 3 is 2.06 bits per heavy atom. The summed E-state index contributed by atoms with van der Waals surface area (Å²) in [5.41, 5.74) is 2.19. The monoisotopic (exact) mass is 240 g/mol. The van der Waals surface area contributed by atoms with Crippen LogP contribution in [0.5, 0.6) is 11.5 Å². The Kier molecular flexibility index (Phi) is 5.80. The molecular formula is C13H20O4. The molecule has 4 nitrogen and oxygen atoms in total. The molecule has 0 heterocycles. The molecule has 4 heteroatoms. The van der Waals surface area contributed by atoms with Gasteiger partial charge in [-0.3, -0.25) is 0 Å². The molecule has 0 radical (unpaired) electrons. The van der Waals surface area contributed by atoms with E-state index in [1.807, 2.05) is 12.1 Å². The van der Waals surface area contributed by atoms with Gasteiger partial charge in [-0.15, -0.1) is 0 Å². The van der Waals surface area contributed by atoms with Gasteiger partial charge in [-0.25, -0.2) is 0 Å². The predicted molar refractivity (Wildman–Crippen MR) is 65.7 cm³/mol. The Morgan fingerprint density at radius 2 is 1.59 bits per heavy atom. The lowest BCUT2D eigenvalue weighted by atomic mass is 10.0. The Balaban J connectivity index is 3.05. The van der Waals surface area contributed by atoms with Crippen LogP contribution in [0.25, 0.3) is 0 Å². The van der Waals surface area contributed by atoms with Gasteiger partial charge in [0.2, 0.25) is 0 Å². The van der Waals surface area contributed by atoms with Crippen LogP contribution in [-0.2, 0) is 17.8 Å². The van der Waals surface area contributed by atoms with E-state index < -0.39 is 0 Å². The number of rotatable bonds is 7. The Hall–Kier alpha value is -1.26. The molecule has 0 aromatic heterocycles. The van der Waals surface area contributed by atoms with Crippen LogP contribution in [0, 0.1) is 0 Å². The maximum absolute atomic E-state index is 8.89. The Morgan fingerprint density at radius 1 is 1.00 bits per heavy atom. The molecule has 0 spiro atoms. The summed E-state index contributed by atoms with van der Waals surface area (Å²) in [6.45, 7) is 0.710. The quantitative estimate of drug-likeness (QED) is 0.789. The summed E-state index contributed by atoms with van der Waals surface area (Å²) in [6.07, 6.45) is 1.53. The first-order valence-corrected chi connectivity index (χ1v) is 5.60. The molecule has 1 aromatic rings. The highest BCUT2D eigenvalue weighted by atomic mass is 16.5. The van der Waals surface area contributed by atoms with Crippen LogP contribution in [0.4, 0.5) is 0 Å². The lowest BCUT2D eigenvalue weighted by Gasteiger charge is -2.14. The fourth-order valence-electron chi connectivity index (χ4n) is 1.76. The van der Waals surface area contributed by atoms with Gasteiger partial charge in [-0.2, -0.15) is 0 Å². The van der Waals surface area contributed by atoms with E-state index in [0.717, 1.165) is 24.0 Å². The van der Waals surface area contributed by atoms with E-state index in [1.165, 1.54) is 0 Å². The van der Waals surface area contributed by atoms with Crippen molar-refractivity contribution in [1.29, 1.82) is 0 Å². The highest BCUT2D eigenvalue weighted by Crippen LogP contribution is 2.31. The molecule has 1 aromatic carbocycles. The Bertz CT molecular complexity index is 350. The van der Waals surface area contributed by atoms with Crippen LogP contribution in [0.15, 0.2) is 12.1 Å². The van der Waals surface area contributed by atoms with Gasteiger partial charge in [0.25, 0.3) is 0 Å². The molecule has 0 aliphatic rings. The fraction of sp³-hybridized carbons (Fsp3) is 0.538. The molecular weight excluding hydrogens is 220 g/mol. The van der Waals surface area contributed by atoms with Crippen LogP contribution in [-0.4, -0.2) is 33.0 Å². The van der Waals surface area contributed by atoms with Gasteiger partial charge in [0.05, 0.1) is 20.8 Å². The van der Waals surface area contributed by atoms with E-state index in [4.69, 9.17) is 19.3 Å². The number of hydrogen-bond acceptors (Lipinski definition) is 4. The largest absolute Gasteiger partial charge is 0.493 e. The predicted octanol–water partition coefficient (Wildman–Crippen LogP) is 1.78. The minimum Gasteiger partial charge on any atom is -0.493 e. The number of aliphatic hydroxyl groups is 1. The number of hydrogen-bond donors (Lipinski definition) is 1. The van der Waals surface area contributed by atoms with Crippen molar-refractivity contribution in [3.05, 3.63) is 23.3 Å². The molecule has 0 fully saturated rings. The van der Waals surface area contributed by atoms with Gasteiger partial charge in [0, 0.05) is 13.7 Å². The van der Waals surface area contributed by atoms with E-state index in [0.29, 0.717) is 18.1 Å². The second kappa shape index (κ2) is 7.14. The summed E-state index contributed by atoms with van der Waals surface area (Å²) in [7, 11) is 4.89. The molecule has 0 bridgehead atoms. The van der Waals surface area contributed by atoms with Gasteiger partial charge < -0.3 is 19.3 Å². The molecule has 0 unspecified atom stereocenters. The molecule has 17 heavy (non-hydrogen) atoms. The number of ether oxygens (including phenoxy) is 3. The van der Waals surface area contributed by atoms with Gasteiger partial charge in [-0.1, -0.05) is 0 Å². The third-order valence-electron chi connectivity index (χ3n) is 2.61. The van der Waals surface area contributed by atoms with Crippen LogP contribution in [0.1, 0.15) is 17.5 Å². The zero-order valence-electron chi connectivity index (χ0n) is 10.7. The third-order valence-corrected chi connectivity index (χ3v) is 2.61.